The topological polar surface area (TPSA) is 66.6 Å². The second kappa shape index (κ2) is 5.80. The fraction of sp³-hybridized carbons (Fsp3) is 0.500. The van der Waals surface area contributed by atoms with Crippen molar-refractivity contribution in [3.63, 3.8) is 0 Å². The smallest absolute Gasteiger partial charge is 0.253 e. The lowest BCUT2D eigenvalue weighted by atomic mass is 9.92. The number of nitrogens with two attached hydrogens (primary N) is 1. The van der Waals surface area contributed by atoms with Gasteiger partial charge in [-0.2, -0.15) is 0 Å². The highest BCUT2D eigenvalue weighted by atomic mass is 35.5. The summed E-state index contributed by atoms with van der Waals surface area (Å²) in [6.07, 6.45) is 1.38. The lowest BCUT2D eigenvalue weighted by molar-refractivity contribution is 0.0521. The molecule has 0 aromatic heterocycles. The number of hydrogen-bond donors (Lipinski definition) is 2. The number of likely N-dealkylation sites (tertiary alicyclic amines) is 1. The molecule has 1 saturated heterocycles. The van der Waals surface area contributed by atoms with E-state index in [1.54, 1.807) is 23.1 Å². The number of benzene rings is 1. The van der Waals surface area contributed by atoms with Crippen molar-refractivity contribution in [2.24, 2.45) is 5.92 Å². The number of halogens is 1. The normalized spacial score (nSPS) is 18.4. The van der Waals surface area contributed by atoms with E-state index >= 15 is 0 Å². The van der Waals surface area contributed by atoms with Gasteiger partial charge in [-0.15, -0.1) is 0 Å². The standard InChI is InChI=1S/C14H19ClN2O2/c1-9(18)10-4-6-17(7-5-10)14(19)11-2-3-13(16)12(15)8-11/h2-3,8-10,18H,4-7,16H2,1H3. The van der Waals surface area contributed by atoms with Gasteiger partial charge in [0.1, 0.15) is 0 Å². The number of nitrogens with zero attached hydrogens (tertiary/aromatic N) is 1. The monoisotopic (exact) mass is 282 g/mol. The Bertz CT molecular complexity index is 469. The van der Waals surface area contributed by atoms with Gasteiger partial charge in [-0.05, 0) is 43.9 Å². The summed E-state index contributed by atoms with van der Waals surface area (Å²) in [5.74, 6) is 0.269. The number of amides is 1. The van der Waals surface area contributed by atoms with E-state index in [1.165, 1.54) is 0 Å². The zero-order chi connectivity index (χ0) is 14.0. The van der Waals surface area contributed by atoms with Gasteiger partial charge < -0.3 is 15.7 Å². The van der Waals surface area contributed by atoms with Crippen molar-refractivity contribution in [2.75, 3.05) is 18.8 Å². The highest BCUT2D eigenvalue weighted by Gasteiger charge is 2.26. The average Bonchev–Trinajstić information content (AvgIpc) is 2.41. The van der Waals surface area contributed by atoms with Crippen LogP contribution >= 0.6 is 11.6 Å². The van der Waals surface area contributed by atoms with Crippen LogP contribution in [0.3, 0.4) is 0 Å². The fourth-order valence-corrected chi connectivity index (χ4v) is 2.61. The molecular weight excluding hydrogens is 264 g/mol. The third-order valence-electron chi connectivity index (χ3n) is 3.76. The number of hydrogen-bond acceptors (Lipinski definition) is 3. The Hall–Kier alpha value is -1.26. The van der Waals surface area contributed by atoms with Crippen molar-refractivity contribution < 1.29 is 9.90 Å². The molecule has 1 aliphatic rings. The molecule has 1 aliphatic heterocycles. The van der Waals surface area contributed by atoms with E-state index in [9.17, 15) is 9.90 Å². The molecule has 1 heterocycles. The van der Waals surface area contributed by atoms with Crippen LogP contribution in [0.5, 0.6) is 0 Å². The van der Waals surface area contributed by atoms with Gasteiger partial charge in [0.25, 0.3) is 5.91 Å². The molecule has 1 aromatic carbocycles. The Balaban J connectivity index is 2.03. The zero-order valence-electron chi connectivity index (χ0n) is 11.0. The van der Waals surface area contributed by atoms with E-state index in [0.29, 0.717) is 35.3 Å². The third-order valence-corrected chi connectivity index (χ3v) is 4.08. The Labute approximate surface area is 118 Å². The minimum Gasteiger partial charge on any atom is -0.398 e. The molecule has 1 aromatic rings. The molecule has 1 fully saturated rings. The molecule has 5 heteroatoms. The Morgan fingerprint density at radius 2 is 2.11 bits per heavy atom. The molecule has 2 rings (SSSR count). The number of aliphatic hydroxyl groups excluding tert-OH is 1. The van der Waals surface area contributed by atoms with Crippen LogP contribution in [0.25, 0.3) is 0 Å². The molecule has 0 bridgehead atoms. The summed E-state index contributed by atoms with van der Waals surface area (Å²) >= 11 is 5.93. The van der Waals surface area contributed by atoms with E-state index in [1.807, 2.05) is 6.92 Å². The van der Waals surface area contributed by atoms with Crippen LogP contribution in [0.2, 0.25) is 5.02 Å². The van der Waals surface area contributed by atoms with E-state index in [-0.39, 0.29) is 12.0 Å². The van der Waals surface area contributed by atoms with Gasteiger partial charge in [0.2, 0.25) is 0 Å². The quantitative estimate of drug-likeness (QED) is 0.817. The summed E-state index contributed by atoms with van der Waals surface area (Å²) in [6.45, 7) is 3.16. The van der Waals surface area contributed by atoms with E-state index < -0.39 is 0 Å². The van der Waals surface area contributed by atoms with Gasteiger partial charge in [-0.25, -0.2) is 0 Å². The summed E-state index contributed by atoms with van der Waals surface area (Å²) in [5.41, 5.74) is 6.68. The maximum atomic E-state index is 12.3. The first-order valence-electron chi connectivity index (χ1n) is 6.51. The highest BCUT2D eigenvalue weighted by Crippen LogP contribution is 2.24. The lowest BCUT2D eigenvalue weighted by Crippen LogP contribution is -2.40. The fourth-order valence-electron chi connectivity index (χ4n) is 2.43. The molecule has 0 radical (unpaired) electrons. The lowest BCUT2D eigenvalue weighted by Gasteiger charge is -2.33. The van der Waals surface area contributed by atoms with Gasteiger partial charge in [0.05, 0.1) is 16.8 Å². The molecule has 19 heavy (non-hydrogen) atoms. The van der Waals surface area contributed by atoms with Crippen LogP contribution in [0, 0.1) is 5.92 Å². The van der Waals surface area contributed by atoms with Crippen molar-refractivity contribution in [3.05, 3.63) is 28.8 Å². The molecule has 0 spiro atoms. The number of aliphatic hydroxyl groups is 1. The van der Waals surface area contributed by atoms with Gasteiger partial charge in [0, 0.05) is 18.7 Å². The first kappa shape index (κ1) is 14.2. The Kier molecular flexibility index (Phi) is 4.32. The largest absolute Gasteiger partial charge is 0.398 e. The van der Waals surface area contributed by atoms with Crippen LogP contribution in [-0.2, 0) is 0 Å². The van der Waals surface area contributed by atoms with Gasteiger partial charge in [-0.1, -0.05) is 11.6 Å². The maximum absolute atomic E-state index is 12.3. The van der Waals surface area contributed by atoms with Gasteiger partial charge in [0.15, 0.2) is 0 Å². The van der Waals surface area contributed by atoms with Crippen molar-refractivity contribution >= 4 is 23.2 Å². The average molecular weight is 283 g/mol. The molecule has 1 amide bonds. The third kappa shape index (κ3) is 3.19. The summed E-state index contributed by atoms with van der Waals surface area (Å²) in [6, 6.07) is 4.96. The summed E-state index contributed by atoms with van der Waals surface area (Å²) in [5, 5.41) is 9.96. The number of carbonyl (C=O) groups excluding carboxylic acids is 1. The molecule has 1 unspecified atom stereocenters. The first-order chi connectivity index (χ1) is 8.99. The number of rotatable bonds is 2. The van der Waals surface area contributed by atoms with Crippen molar-refractivity contribution in [1.29, 1.82) is 0 Å². The molecule has 0 aliphatic carbocycles. The summed E-state index contributed by atoms with van der Waals surface area (Å²) in [7, 11) is 0. The summed E-state index contributed by atoms with van der Waals surface area (Å²) in [4.78, 5) is 14.1. The Morgan fingerprint density at radius 1 is 1.47 bits per heavy atom. The van der Waals surface area contributed by atoms with Crippen molar-refractivity contribution in [2.45, 2.75) is 25.9 Å². The van der Waals surface area contributed by atoms with E-state index in [0.717, 1.165) is 12.8 Å². The molecule has 4 nitrogen and oxygen atoms in total. The predicted molar refractivity (Wildman–Crippen MR) is 76.2 cm³/mol. The van der Waals surface area contributed by atoms with Crippen molar-refractivity contribution in [1.82, 2.24) is 4.90 Å². The maximum Gasteiger partial charge on any atom is 0.253 e. The number of carbonyl (C=O) groups is 1. The number of piperidine rings is 1. The predicted octanol–water partition coefficient (Wildman–Crippen LogP) is 2.16. The van der Waals surface area contributed by atoms with Crippen LogP contribution in [0.4, 0.5) is 5.69 Å². The van der Waals surface area contributed by atoms with Crippen LogP contribution in [0.15, 0.2) is 18.2 Å². The molecule has 104 valence electrons. The summed E-state index contributed by atoms with van der Waals surface area (Å²) < 4.78 is 0. The van der Waals surface area contributed by atoms with E-state index in [2.05, 4.69) is 0 Å². The zero-order valence-corrected chi connectivity index (χ0v) is 11.7. The van der Waals surface area contributed by atoms with Crippen LogP contribution in [0.1, 0.15) is 30.1 Å². The highest BCUT2D eigenvalue weighted by molar-refractivity contribution is 6.33. The van der Waals surface area contributed by atoms with Gasteiger partial charge in [-0.3, -0.25) is 4.79 Å². The van der Waals surface area contributed by atoms with Crippen molar-refractivity contribution in [3.8, 4) is 0 Å². The van der Waals surface area contributed by atoms with Crippen LogP contribution < -0.4 is 5.73 Å². The van der Waals surface area contributed by atoms with Crippen LogP contribution in [-0.4, -0.2) is 35.1 Å². The second-order valence-electron chi connectivity index (χ2n) is 5.11. The minimum atomic E-state index is -0.303. The first-order valence-corrected chi connectivity index (χ1v) is 6.89. The van der Waals surface area contributed by atoms with E-state index in [4.69, 9.17) is 17.3 Å². The second-order valence-corrected chi connectivity index (χ2v) is 5.51. The molecule has 0 saturated carbocycles. The molecule has 1 atom stereocenters. The Morgan fingerprint density at radius 3 is 2.63 bits per heavy atom. The molecular formula is C14H19ClN2O2. The minimum absolute atomic E-state index is 0.0223. The van der Waals surface area contributed by atoms with Gasteiger partial charge >= 0.3 is 0 Å². The number of nitrogen functional groups attached to an aromatic ring is 1. The molecule has 3 N–H and O–H groups in total. The SMILES string of the molecule is CC(O)C1CCN(C(=O)c2ccc(N)c(Cl)c2)CC1. The number of anilines is 1.